The SMILES string of the molecule is CCc1nn(C)c(Nc2cccc(OC)c2)c1N. The Balaban J connectivity index is 2.30. The van der Waals surface area contributed by atoms with E-state index in [0.717, 1.165) is 29.4 Å². The number of nitrogens with one attached hydrogen (secondary N) is 1. The summed E-state index contributed by atoms with van der Waals surface area (Å²) in [5, 5.41) is 7.63. The van der Waals surface area contributed by atoms with Crippen LogP contribution in [0.5, 0.6) is 5.75 Å². The molecule has 0 spiro atoms. The van der Waals surface area contributed by atoms with Gasteiger partial charge in [-0.15, -0.1) is 0 Å². The highest BCUT2D eigenvalue weighted by Gasteiger charge is 2.11. The summed E-state index contributed by atoms with van der Waals surface area (Å²) < 4.78 is 6.94. The fourth-order valence-electron chi connectivity index (χ4n) is 1.84. The number of aryl methyl sites for hydroxylation is 2. The van der Waals surface area contributed by atoms with Crippen molar-refractivity contribution in [1.82, 2.24) is 9.78 Å². The van der Waals surface area contributed by atoms with Crippen LogP contribution in [-0.2, 0) is 13.5 Å². The lowest BCUT2D eigenvalue weighted by molar-refractivity contribution is 0.415. The smallest absolute Gasteiger partial charge is 0.152 e. The molecule has 0 fully saturated rings. The zero-order valence-corrected chi connectivity index (χ0v) is 10.9. The van der Waals surface area contributed by atoms with Gasteiger partial charge in [-0.3, -0.25) is 4.68 Å². The van der Waals surface area contributed by atoms with Crippen molar-refractivity contribution in [2.75, 3.05) is 18.2 Å². The van der Waals surface area contributed by atoms with Crippen LogP contribution in [0.15, 0.2) is 24.3 Å². The van der Waals surface area contributed by atoms with E-state index in [1.165, 1.54) is 0 Å². The minimum Gasteiger partial charge on any atom is -0.497 e. The number of hydrogen-bond donors (Lipinski definition) is 2. The quantitative estimate of drug-likeness (QED) is 0.869. The molecule has 0 unspecified atom stereocenters. The molecule has 1 aromatic carbocycles. The first-order chi connectivity index (χ1) is 8.65. The first-order valence-electron chi connectivity index (χ1n) is 5.88. The van der Waals surface area contributed by atoms with E-state index in [4.69, 9.17) is 10.5 Å². The maximum absolute atomic E-state index is 6.06. The first kappa shape index (κ1) is 12.3. The van der Waals surface area contributed by atoms with Gasteiger partial charge in [0.25, 0.3) is 0 Å². The number of nitrogens with zero attached hydrogens (tertiary/aromatic N) is 2. The van der Waals surface area contributed by atoms with E-state index in [-0.39, 0.29) is 0 Å². The molecule has 18 heavy (non-hydrogen) atoms. The van der Waals surface area contributed by atoms with E-state index in [9.17, 15) is 0 Å². The topological polar surface area (TPSA) is 65.1 Å². The Bertz CT molecular complexity index is 548. The lowest BCUT2D eigenvalue weighted by Gasteiger charge is -2.09. The predicted molar refractivity (Wildman–Crippen MR) is 73.3 cm³/mol. The number of ether oxygens (including phenoxy) is 1. The number of benzene rings is 1. The molecule has 5 heteroatoms. The molecule has 2 rings (SSSR count). The number of nitrogen functional groups attached to an aromatic ring is 1. The maximum atomic E-state index is 6.06. The molecule has 3 N–H and O–H groups in total. The molecule has 0 atom stereocenters. The van der Waals surface area contributed by atoms with Crippen LogP contribution in [0.3, 0.4) is 0 Å². The number of rotatable bonds is 4. The van der Waals surface area contributed by atoms with Crippen molar-refractivity contribution >= 4 is 17.2 Å². The van der Waals surface area contributed by atoms with Gasteiger partial charge < -0.3 is 15.8 Å². The van der Waals surface area contributed by atoms with Crippen LogP contribution < -0.4 is 15.8 Å². The van der Waals surface area contributed by atoms with E-state index in [2.05, 4.69) is 10.4 Å². The third kappa shape index (κ3) is 2.25. The molecule has 0 radical (unpaired) electrons. The average Bonchev–Trinajstić information content (AvgIpc) is 2.66. The van der Waals surface area contributed by atoms with Crippen LogP contribution in [0.2, 0.25) is 0 Å². The summed E-state index contributed by atoms with van der Waals surface area (Å²) in [6.45, 7) is 2.04. The number of aromatic nitrogens is 2. The van der Waals surface area contributed by atoms with Crippen LogP contribution in [0.1, 0.15) is 12.6 Å². The van der Waals surface area contributed by atoms with Gasteiger partial charge >= 0.3 is 0 Å². The van der Waals surface area contributed by atoms with Crippen LogP contribution in [0.4, 0.5) is 17.2 Å². The van der Waals surface area contributed by atoms with Gasteiger partial charge in [-0.1, -0.05) is 13.0 Å². The molecule has 0 aliphatic heterocycles. The minimum atomic E-state index is 0.697. The predicted octanol–water partition coefficient (Wildman–Crippen LogP) is 2.32. The Morgan fingerprint density at radius 1 is 1.44 bits per heavy atom. The Kier molecular flexibility index (Phi) is 3.41. The normalized spacial score (nSPS) is 10.4. The van der Waals surface area contributed by atoms with Crippen molar-refractivity contribution < 1.29 is 4.74 Å². The Morgan fingerprint density at radius 3 is 2.83 bits per heavy atom. The van der Waals surface area contributed by atoms with Gasteiger partial charge in [-0.05, 0) is 18.6 Å². The minimum absolute atomic E-state index is 0.697. The van der Waals surface area contributed by atoms with Crippen molar-refractivity contribution in [3.05, 3.63) is 30.0 Å². The molecule has 0 saturated carbocycles. The highest BCUT2D eigenvalue weighted by Crippen LogP contribution is 2.27. The van der Waals surface area contributed by atoms with Crippen molar-refractivity contribution in [3.8, 4) is 5.75 Å². The van der Waals surface area contributed by atoms with E-state index in [1.54, 1.807) is 11.8 Å². The van der Waals surface area contributed by atoms with Crippen LogP contribution >= 0.6 is 0 Å². The van der Waals surface area contributed by atoms with Crippen molar-refractivity contribution in [2.24, 2.45) is 7.05 Å². The average molecular weight is 246 g/mol. The summed E-state index contributed by atoms with van der Waals surface area (Å²) in [6, 6.07) is 7.70. The summed E-state index contributed by atoms with van der Waals surface area (Å²) in [6.07, 6.45) is 0.819. The van der Waals surface area contributed by atoms with E-state index in [1.807, 2.05) is 38.2 Å². The van der Waals surface area contributed by atoms with Gasteiger partial charge in [0.2, 0.25) is 0 Å². The lowest BCUT2D eigenvalue weighted by Crippen LogP contribution is -2.01. The van der Waals surface area contributed by atoms with E-state index < -0.39 is 0 Å². The highest BCUT2D eigenvalue weighted by atomic mass is 16.5. The van der Waals surface area contributed by atoms with Crippen LogP contribution in [0, 0.1) is 0 Å². The molecule has 1 heterocycles. The molecule has 0 bridgehead atoms. The third-order valence-electron chi connectivity index (χ3n) is 2.83. The zero-order chi connectivity index (χ0) is 13.1. The standard InChI is InChI=1S/C13H18N4O/c1-4-11-12(14)13(17(2)16-11)15-9-6-5-7-10(8-9)18-3/h5-8,15H,4,14H2,1-3H3. The molecular formula is C13H18N4O. The van der Waals surface area contributed by atoms with Crippen molar-refractivity contribution in [1.29, 1.82) is 0 Å². The number of anilines is 3. The second kappa shape index (κ2) is 5.00. The van der Waals surface area contributed by atoms with Gasteiger partial charge in [0.15, 0.2) is 5.82 Å². The molecule has 0 aliphatic rings. The monoisotopic (exact) mass is 246 g/mol. The van der Waals surface area contributed by atoms with E-state index >= 15 is 0 Å². The van der Waals surface area contributed by atoms with Gasteiger partial charge in [-0.2, -0.15) is 5.10 Å². The van der Waals surface area contributed by atoms with Crippen molar-refractivity contribution in [2.45, 2.75) is 13.3 Å². The Labute approximate surface area is 107 Å². The number of hydrogen-bond acceptors (Lipinski definition) is 4. The summed E-state index contributed by atoms with van der Waals surface area (Å²) in [4.78, 5) is 0. The Hall–Kier alpha value is -2.17. The summed E-state index contributed by atoms with van der Waals surface area (Å²) in [7, 11) is 3.52. The lowest BCUT2D eigenvalue weighted by atomic mass is 10.2. The van der Waals surface area contributed by atoms with E-state index in [0.29, 0.717) is 5.69 Å². The molecule has 0 saturated heterocycles. The largest absolute Gasteiger partial charge is 0.497 e. The molecular weight excluding hydrogens is 228 g/mol. The molecule has 2 aromatic rings. The van der Waals surface area contributed by atoms with Gasteiger partial charge in [0.05, 0.1) is 18.5 Å². The van der Waals surface area contributed by atoms with Crippen molar-refractivity contribution in [3.63, 3.8) is 0 Å². The molecule has 5 nitrogen and oxygen atoms in total. The molecule has 96 valence electrons. The van der Waals surface area contributed by atoms with Crippen LogP contribution in [0.25, 0.3) is 0 Å². The van der Waals surface area contributed by atoms with Gasteiger partial charge in [0.1, 0.15) is 5.75 Å². The van der Waals surface area contributed by atoms with Crippen LogP contribution in [-0.4, -0.2) is 16.9 Å². The summed E-state index contributed by atoms with van der Waals surface area (Å²) in [5.74, 6) is 1.61. The molecule has 0 aliphatic carbocycles. The first-order valence-corrected chi connectivity index (χ1v) is 5.88. The fraction of sp³-hybridized carbons (Fsp3) is 0.308. The van der Waals surface area contributed by atoms with Gasteiger partial charge in [-0.25, -0.2) is 0 Å². The zero-order valence-electron chi connectivity index (χ0n) is 10.9. The van der Waals surface area contributed by atoms with Gasteiger partial charge in [0, 0.05) is 18.8 Å². The fourth-order valence-corrected chi connectivity index (χ4v) is 1.84. The number of methoxy groups -OCH3 is 1. The molecule has 0 amide bonds. The second-order valence-electron chi connectivity index (χ2n) is 4.04. The third-order valence-corrected chi connectivity index (χ3v) is 2.83. The highest BCUT2D eigenvalue weighted by molar-refractivity contribution is 5.71. The number of nitrogens with two attached hydrogens (primary N) is 1. The molecule has 1 aromatic heterocycles. The maximum Gasteiger partial charge on any atom is 0.152 e. The second-order valence-corrected chi connectivity index (χ2v) is 4.04. The Morgan fingerprint density at radius 2 is 2.22 bits per heavy atom. The summed E-state index contributed by atoms with van der Waals surface area (Å²) in [5.41, 5.74) is 8.58. The summed E-state index contributed by atoms with van der Waals surface area (Å²) >= 11 is 0.